The van der Waals surface area contributed by atoms with Crippen LogP contribution in [0.3, 0.4) is 0 Å². The van der Waals surface area contributed by atoms with E-state index in [1.807, 2.05) is 6.92 Å². The number of thioether (sulfide) groups is 1. The van der Waals surface area contributed by atoms with Crippen LogP contribution in [-0.2, 0) is 4.79 Å². The zero-order valence-electron chi connectivity index (χ0n) is 15.9. The van der Waals surface area contributed by atoms with Crippen molar-refractivity contribution < 1.29 is 23.1 Å². The number of hydrogen-bond donors (Lipinski definition) is 1. The van der Waals surface area contributed by atoms with E-state index in [0.717, 1.165) is 17.5 Å². The monoisotopic (exact) mass is 417 g/mol. The minimum Gasteiger partial charge on any atom is -0.494 e. The summed E-state index contributed by atoms with van der Waals surface area (Å²) in [6.07, 6.45) is -0.514. The predicted octanol–water partition coefficient (Wildman–Crippen LogP) is 4.48. The smallest absolute Gasteiger partial charge is 0.277 e. The molecule has 7 nitrogen and oxygen atoms in total. The van der Waals surface area contributed by atoms with Gasteiger partial charge in [-0.15, -0.1) is 10.2 Å². The lowest BCUT2D eigenvalue weighted by atomic mass is 10.3. The molecule has 0 saturated heterocycles. The molecule has 0 aliphatic heterocycles. The summed E-state index contributed by atoms with van der Waals surface area (Å²) >= 11 is 1.12. The van der Waals surface area contributed by atoms with Crippen LogP contribution in [0.5, 0.6) is 11.5 Å². The van der Waals surface area contributed by atoms with Crippen molar-refractivity contribution in [2.75, 3.05) is 17.7 Å². The summed E-state index contributed by atoms with van der Waals surface area (Å²) in [4.78, 5) is 12.1. The Hall–Kier alpha value is -3.07. The Morgan fingerprint density at radius 3 is 2.52 bits per heavy atom. The molecule has 152 valence electrons. The third-order valence-electron chi connectivity index (χ3n) is 3.67. The van der Waals surface area contributed by atoms with E-state index in [2.05, 4.69) is 15.5 Å². The van der Waals surface area contributed by atoms with Crippen LogP contribution in [0.2, 0.25) is 0 Å². The lowest BCUT2D eigenvalue weighted by Crippen LogP contribution is -2.13. The highest BCUT2D eigenvalue weighted by Gasteiger charge is 2.17. The van der Waals surface area contributed by atoms with Crippen molar-refractivity contribution in [3.05, 3.63) is 60.2 Å². The Kier molecular flexibility index (Phi) is 7.07. The minimum atomic E-state index is -0.514. The molecular weight excluding hydrogens is 397 g/mol. The molecule has 0 fully saturated rings. The molecule has 1 amide bonds. The van der Waals surface area contributed by atoms with Crippen molar-refractivity contribution in [2.24, 2.45) is 0 Å². The lowest BCUT2D eigenvalue weighted by molar-refractivity contribution is -0.113. The van der Waals surface area contributed by atoms with Crippen molar-refractivity contribution in [2.45, 2.75) is 25.2 Å². The third kappa shape index (κ3) is 6.21. The summed E-state index contributed by atoms with van der Waals surface area (Å²) in [6, 6.07) is 12.8. The van der Waals surface area contributed by atoms with Gasteiger partial charge >= 0.3 is 0 Å². The number of nitrogens with one attached hydrogen (secondary N) is 1. The number of rotatable bonds is 9. The largest absolute Gasteiger partial charge is 0.494 e. The van der Waals surface area contributed by atoms with Gasteiger partial charge in [0.05, 0.1) is 12.4 Å². The van der Waals surface area contributed by atoms with Gasteiger partial charge in [-0.1, -0.05) is 11.8 Å². The van der Waals surface area contributed by atoms with E-state index in [1.165, 1.54) is 24.3 Å². The standard InChI is InChI=1S/C20H20FN3O4S/c1-3-26-16-10-6-15(7-11-16)22-18(25)12-29-20-24-23-19(28-20)13(2)27-17-8-4-14(21)5-9-17/h4-11,13H,3,12H2,1-2H3,(H,22,25)/t13-/m0/s1. The molecule has 1 atom stereocenters. The van der Waals surface area contributed by atoms with Gasteiger partial charge in [0, 0.05) is 5.69 Å². The number of halogens is 1. The van der Waals surface area contributed by atoms with Gasteiger partial charge in [0.1, 0.15) is 17.3 Å². The molecule has 1 aromatic heterocycles. The maximum absolute atomic E-state index is 12.9. The van der Waals surface area contributed by atoms with Crippen LogP contribution in [0.15, 0.2) is 58.2 Å². The van der Waals surface area contributed by atoms with Crippen molar-refractivity contribution in [1.29, 1.82) is 0 Å². The van der Waals surface area contributed by atoms with Crippen LogP contribution >= 0.6 is 11.8 Å². The molecule has 0 bridgehead atoms. The van der Waals surface area contributed by atoms with Crippen LogP contribution in [0.4, 0.5) is 10.1 Å². The average molecular weight is 417 g/mol. The van der Waals surface area contributed by atoms with Gasteiger partial charge in [0.15, 0.2) is 6.10 Å². The first-order valence-electron chi connectivity index (χ1n) is 8.94. The van der Waals surface area contributed by atoms with E-state index >= 15 is 0 Å². The first-order valence-corrected chi connectivity index (χ1v) is 9.93. The third-order valence-corrected chi connectivity index (χ3v) is 4.49. The number of anilines is 1. The number of amides is 1. The Labute approximate surface area is 171 Å². The summed E-state index contributed by atoms with van der Waals surface area (Å²) in [5.41, 5.74) is 0.673. The summed E-state index contributed by atoms with van der Waals surface area (Å²) in [6.45, 7) is 4.23. The van der Waals surface area contributed by atoms with Crippen LogP contribution in [0, 0.1) is 5.82 Å². The van der Waals surface area contributed by atoms with Gasteiger partial charge in [-0.25, -0.2) is 4.39 Å². The normalized spacial score (nSPS) is 11.7. The predicted molar refractivity (Wildman–Crippen MR) is 107 cm³/mol. The van der Waals surface area contributed by atoms with Crippen molar-refractivity contribution in [1.82, 2.24) is 10.2 Å². The van der Waals surface area contributed by atoms with E-state index < -0.39 is 6.10 Å². The Morgan fingerprint density at radius 2 is 1.83 bits per heavy atom. The molecule has 0 saturated carbocycles. The first-order chi connectivity index (χ1) is 14.0. The molecule has 1 heterocycles. The molecule has 0 radical (unpaired) electrons. The van der Waals surface area contributed by atoms with Crippen molar-refractivity contribution in [3.63, 3.8) is 0 Å². The number of carbonyl (C=O) groups is 1. The lowest BCUT2D eigenvalue weighted by Gasteiger charge is -2.10. The van der Waals surface area contributed by atoms with Gasteiger partial charge in [-0.2, -0.15) is 0 Å². The Bertz CT molecular complexity index is 932. The molecule has 29 heavy (non-hydrogen) atoms. The van der Waals surface area contributed by atoms with Crippen LogP contribution < -0.4 is 14.8 Å². The highest BCUT2D eigenvalue weighted by Crippen LogP contribution is 2.24. The second-order valence-electron chi connectivity index (χ2n) is 5.91. The summed E-state index contributed by atoms with van der Waals surface area (Å²) < 4.78 is 29.5. The van der Waals surface area contributed by atoms with E-state index in [4.69, 9.17) is 13.9 Å². The average Bonchev–Trinajstić information content (AvgIpc) is 3.19. The fourth-order valence-corrected chi connectivity index (χ4v) is 2.91. The minimum absolute atomic E-state index is 0.113. The van der Waals surface area contributed by atoms with E-state index in [9.17, 15) is 9.18 Å². The number of benzene rings is 2. The number of hydrogen-bond acceptors (Lipinski definition) is 7. The molecule has 0 unspecified atom stereocenters. The molecule has 0 aliphatic carbocycles. The van der Waals surface area contributed by atoms with Gasteiger partial charge in [0.2, 0.25) is 5.91 Å². The summed E-state index contributed by atoms with van der Waals surface area (Å²) in [5, 5.41) is 10.9. The molecule has 0 spiro atoms. The fourth-order valence-electron chi connectivity index (χ4n) is 2.34. The fraction of sp³-hybridized carbons (Fsp3) is 0.250. The highest BCUT2D eigenvalue weighted by molar-refractivity contribution is 7.99. The quantitative estimate of drug-likeness (QED) is 0.514. The Balaban J connectivity index is 1.48. The number of carbonyl (C=O) groups excluding carboxylic acids is 1. The van der Waals surface area contributed by atoms with E-state index in [-0.39, 0.29) is 28.6 Å². The van der Waals surface area contributed by atoms with Gasteiger partial charge in [-0.3, -0.25) is 4.79 Å². The zero-order chi connectivity index (χ0) is 20.6. The molecule has 0 aliphatic rings. The summed E-state index contributed by atoms with van der Waals surface area (Å²) in [7, 11) is 0. The maximum Gasteiger partial charge on any atom is 0.277 e. The zero-order valence-corrected chi connectivity index (χ0v) is 16.7. The van der Waals surface area contributed by atoms with Crippen LogP contribution in [0.1, 0.15) is 25.8 Å². The molecule has 9 heteroatoms. The molecule has 1 N–H and O–H groups in total. The van der Waals surface area contributed by atoms with E-state index in [0.29, 0.717) is 18.0 Å². The van der Waals surface area contributed by atoms with Gasteiger partial charge in [0.25, 0.3) is 11.1 Å². The maximum atomic E-state index is 12.9. The van der Waals surface area contributed by atoms with Crippen LogP contribution in [0.25, 0.3) is 0 Å². The number of aromatic nitrogens is 2. The SMILES string of the molecule is CCOc1ccc(NC(=O)CSc2nnc([C@H](C)Oc3ccc(F)cc3)o2)cc1. The topological polar surface area (TPSA) is 86.5 Å². The Morgan fingerprint density at radius 1 is 1.14 bits per heavy atom. The second-order valence-corrected chi connectivity index (χ2v) is 6.84. The summed E-state index contributed by atoms with van der Waals surface area (Å²) in [5.74, 6) is 1.07. The molecule has 2 aromatic carbocycles. The number of nitrogens with zero attached hydrogens (tertiary/aromatic N) is 2. The first kappa shape index (κ1) is 20.7. The second kappa shape index (κ2) is 9.92. The molecule has 3 rings (SSSR count). The highest BCUT2D eigenvalue weighted by atomic mass is 32.2. The van der Waals surface area contributed by atoms with Gasteiger partial charge in [-0.05, 0) is 62.4 Å². The van der Waals surface area contributed by atoms with Crippen molar-refractivity contribution in [3.8, 4) is 11.5 Å². The molecular formula is C20H20FN3O4S. The number of ether oxygens (including phenoxy) is 2. The molecule has 3 aromatic rings. The van der Waals surface area contributed by atoms with Crippen LogP contribution in [-0.4, -0.2) is 28.5 Å². The van der Waals surface area contributed by atoms with Gasteiger partial charge < -0.3 is 19.2 Å². The van der Waals surface area contributed by atoms with Crippen molar-refractivity contribution >= 4 is 23.4 Å². The van der Waals surface area contributed by atoms with E-state index in [1.54, 1.807) is 31.2 Å².